The smallest absolute Gasteiger partial charge is 0.321 e. The average molecular weight is 250 g/mol. The topological polar surface area (TPSA) is 80.7 Å². The SMILES string of the molecule is CCCC(C(=O)O)S(=O)(=O)C1CCOCC1. The van der Waals surface area contributed by atoms with Gasteiger partial charge in [0.1, 0.15) is 0 Å². The third-order valence-corrected chi connectivity index (χ3v) is 5.49. The summed E-state index contributed by atoms with van der Waals surface area (Å²) in [4.78, 5) is 11.0. The van der Waals surface area contributed by atoms with Crippen LogP contribution in [0.3, 0.4) is 0 Å². The van der Waals surface area contributed by atoms with Gasteiger partial charge in [0.25, 0.3) is 0 Å². The zero-order valence-corrected chi connectivity index (χ0v) is 10.2. The highest BCUT2D eigenvalue weighted by Crippen LogP contribution is 2.22. The summed E-state index contributed by atoms with van der Waals surface area (Å²) < 4.78 is 29.2. The van der Waals surface area contributed by atoms with Crippen LogP contribution in [0, 0.1) is 0 Å². The number of sulfone groups is 1. The molecule has 0 amide bonds. The van der Waals surface area contributed by atoms with Crippen LogP contribution in [0.15, 0.2) is 0 Å². The molecule has 1 fully saturated rings. The Balaban J connectivity index is 2.83. The summed E-state index contributed by atoms with van der Waals surface area (Å²) in [5.74, 6) is -1.23. The van der Waals surface area contributed by atoms with E-state index in [-0.39, 0.29) is 6.42 Å². The number of hydrogen-bond donors (Lipinski definition) is 1. The highest BCUT2D eigenvalue weighted by Gasteiger charge is 2.38. The number of carbonyl (C=O) groups is 1. The Morgan fingerprint density at radius 2 is 2.00 bits per heavy atom. The van der Waals surface area contributed by atoms with Gasteiger partial charge in [-0.15, -0.1) is 0 Å². The molecule has 0 spiro atoms. The lowest BCUT2D eigenvalue weighted by Crippen LogP contribution is -2.40. The Hall–Kier alpha value is -0.620. The summed E-state index contributed by atoms with van der Waals surface area (Å²) in [7, 11) is -3.57. The summed E-state index contributed by atoms with van der Waals surface area (Å²) in [5, 5.41) is 7.16. The molecule has 1 saturated heterocycles. The quantitative estimate of drug-likeness (QED) is 0.781. The normalized spacial score (nSPS) is 20.6. The number of hydrogen-bond acceptors (Lipinski definition) is 4. The van der Waals surface area contributed by atoms with Crippen molar-refractivity contribution in [3.63, 3.8) is 0 Å². The van der Waals surface area contributed by atoms with Gasteiger partial charge in [0.05, 0.1) is 5.25 Å². The monoisotopic (exact) mass is 250 g/mol. The lowest BCUT2D eigenvalue weighted by molar-refractivity contribution is -0.136. The molecule has 0 bridgehead atoms. The second-order valence-electron chi connectivity index (χ2n) is 4.02. The second-order valence-corrected chi connectivity index (χ2v) is 6.43. The molecule has 1 heterocycles. The molecule has 5 nitrogen and oxygen atoms in total. The van der Waals surface area contributed by atoms with Crippen molar-refractivity contribution in [1.29, 1.82) is 0 Å². The van der Waals surface area contributed by atoms with Crippen LogP contribution in [0.2, 0.25) is 0 Å². The number of ether oxygens (including phenoxy) is 1. The van der Waals surface area contributed by atoms with E-state index in [1.807, 2.05) is 0 Å². The van der Waals surface area contributed by atoms with E-state index in [0.29, 0.717) is 32.5 Å². The third kappa shape index (κ3) is 2.95. The van der Waals surface area contributed by atoms with Crippen LogP contribution >= 0.6 is 0 Å². The fourth-order valence-corrected chi connectivity index (χ4v) is 4.09. The van der Waals surface area contributed by atoms with Gasteiger partial charge in [-0.3, -0.25) is 4.79 Å². The van der Waals surface area contributed by atoms with Gasteiger partial charge in [-0.2, -0.15) is 0 Å². The molecule has 0 radical (unpaired) electrons. The fraction of sp³-hybridized carbons (Fsp3) is 0.900. The van der Waals surface area contributed by atoms with E-state index in [1.165, 1.54) is 0 Å². The molecule has 0 aromatic heterocycles. The van der Waals surface area contributed by atoms with Crippen molar-refractivity contribution in [2.75, 3.05) is 13.2 Å². The molecule has 1 atom stereocenters. The molecule has 0 aliphatic carbocycles. The van der Waals surface area contributed by atoms with E-state index >= 15 is 0 Å². The standard InChI is InChI=1S/C10H18O5S/c1-2-3-9(10(11)12)16(13,14)8-4-6-15-7-5-8/h8-9H,2-7H2,1H3,(H,11,12). The van der Waals surface area contributed by atoms with Crippen LogP contribution in [0.1, 0.15) is 32.6 Å². The molecule has 1 N–H and O–H groups in total. The van der Waals surface area contributed by atoms with E-state index in [1.54, 1.807) is 6.92 Å². The van der Waals surface area contributed by atoms with Crippen molar-refractivity contribution in [2.24, 2.45) is 0 Å². The highest BCUT2D eigenvalue weighted by atomic mass is 32.2. The third-order valence-electron chi connectivity index (χ3n) is 2.86. The first-order chi connectivity index (χ1) is 7.50. The summed E-state index contributed by atoms with van der Waals surface area (Å²) in [5.41, 5.74) is 0. The Morgan fingerprint density at radius 1 is 1.44 bits per heavy atom. The number of aliphatic carboxylic acids is 1. The van der Waals surface area contributed by atoms with Crippen molar-refractivity contribution in [3.8, 4) is 0 Å². The van der Waals surface area contributed by atoms with Gasteiger partial charge in [0, 0.05) is 13.2 Å². The molecule has 16 heavy (non-hydrogen) atoms. The predicted molar refractivity (Wildman–Crippen MR) is 59.1 cm³/mol. The van der Waals surface area contributed by atoms with E-state index in [0.717, 1.165) is 0 Å². The molecule has 0 aromatic rings. The van der Waals surface area contributed by atoms with Gasteiger partial charge >= 0.3 is 5.97 Å². The zero-order chi connectivity index (χ0) is 12.2. The van der Waals surface area contributed by atoms with Crippen molar-refractivity contribution in [3.05, 3.63) is 0 Å². The first-order valence-corrected chi connectivity index (χ1v) is 7.14. The van der Waals surface area contributed by atoms with Crippen molar-refractivity contribution in [1.82, 2.24) is 0 Å². The van der Waals surface area contributed by atoms with Crippen LogP contribution in [-0.4, -0.2) is 43.2 Å². The first-order valence-electron chi connectivity index (χ1n) is 5.53. The molecule has 1 aliphatic heterocycles. The maximum Gasteiger partial charge on any atom is 0.321 e. The maximum atomic E-state index is 12.1. The van der Waals surface area contributed by atoms with Crippen LogP contribution in [-0.2, 0) is 19.4 Å². The Labute approximate surface area is 95.7 Å². The lowest BCUT2D eigenvalue weighted by atomic mass is 10.2. The van der Waals surface area contributed by atoms with Gasteiger partial charge < -0.3 is 9.84 Å². The lowest BCUT2D eigenvalue weighted by Gasteiger charge is -2.25. The van der Waals surface area contributed by atoms with Gasteiger partial charge in [0.15, 0.2) is 15.1 Å². The maximum absolute atomic E-state index is 12.1. The second kappa shape index (κ2) is 5.63. The van der Waals surface area contributed by atoms with E-state index in [4.69, 9.17) is 9.84 Å². The van der Waals surface area contributed by atoms with Crippen molar-refractivity contribution in [2.45, 2.75) is 43.1 Å². The number of rotatable bonds is 5. The first kappa shape index (κ1) is 13.4. The largest absolute Gasteiger partial charge is 0.480 e. The molecular formula is C10H18O5S. The summed E-state index contributed by atoms with van der Waals surface area (Å²) in [6, 6.07) is 0. The molecular weight excluding hydrogens is 232 g/mol. The summed E-state index contributed by atoms with van der Waals surface area (Å²) in [6.45, 7) is 2.60. The fourth-order valence-electron chi connectivity index (χ4n) is 1.93. The Morgan fingerprint density at radius 3 is 2.44 bits per heavy atom. The Kier molecular flexibility index (Phi) is 4.73. The zero-order valence-electron chi connectivity index (χ0n) is 9.39. The van der Waals surface area contributed by atoms with Gasteiger partial charge in [-0.05, 0) is 19.3 Å². The molecule has 0 aromatic carbocycles. The van der Waals surface area contributed by atoms with Crippen LogP contribution < -0.4 is 0 Å². The predicted octanol–water partition coefficient (Wildman–Crippen LogP) is 0.834. The average Bonchev–Trinajstić information content (AvgIpc) is 2.26. The molecule has 94 valence electrons. The molecule has 0 saturated carbocycles. The number of carboxylic acids is 1. The van der Waals surface area contributed by atoms with Crippen LogP contribution in [0.4, 0.5) is 0 Å². The van der Waals surface area contributed by atoms with E-state index in [9.17, 15) is 13.2 Å². The van der Waals surface area contributed by atoms with Crippen molar-refractivity contribution < 1.29 is 23.1 Å². The summed E-state index contributed by atoms with van der Waals surface area (Å²) in [6.07, 6.45) is 1.57. The van der Waals surface area contributed by atoms with Crippen molar-refractivity contribution >= 4 is 15.8 Å². The minimum Gasteiger partial charge on any atom is -0.480 e. The van der Waals surface area contributed by atoms with Gasteiger partial charge in [-0.1, -0.05) is 13.3 Å². The molecule has 6 heteroatoms. The molecule has 1 aliphatic rings. The molecule has 1 unspecified atom stereocenters. The number of carboxylic acid groups (broad SMARTS) is 1. The minimum absolute atomic E-state index is 0.190. The highest BCUT2D eigenvalue weighted by molar-refractivity contribution is 7.93. The van der Waals surface area contributed by atoms with Crippen LogP contribution in [0.5, 0.6) is 0 Å². The Bertz CT molecular complexity index is 329. The molecule has 1 rings (SSSR count). The van der Waals surface area contributed by atoms with Gasteiger partial charge in [-0.25, -0.2) is 8.42 Å². The van der Waals surface area contributed by atoms with E-state index in [2.05, 4.69) is 0 Å². The minimum atomic E-state index is -3.57. The summed E-state index contributed by atoms with van der Waals surface area (Å²) >= 11 is 0. The van der Waals surface area contributed by atoms with E-state index < -0.39 is 26.3 Å². The van der Waals surface area contributed by atoms with Crippen LogP contribution in [0.25, 0.3) is 0 Å². The van der Waals surface area contributed by atoms with Gasteiger partial charge in [0.2, 0.25) is 0 Å².